The molecule has 1 heterocycles. The first-order chi connectivity index (χ1) is 12.1. The maximum atomic E-state index is 12.5. The van der Waals surface area contributed by atoms with E-state index >= 15 is 0 Å². The van der Waals surface area contributed by atoms with Gasteiger partial charge in [-0.05, 0) is 42.0 Å². The van der Waals surface area contributed by atoms with Gasteiger partial charge in [0, 0.05) is 29.6 Å². The number of hydrogen-bond donors (Lipinski definition) is 0. The fourth-order valence-electron chi connectivity index (χ4n) is 2.36. The van der Waals surface area contributed by atoms with Crippen molar-refractivity contribution in [1.29, 1.82) is 0 Å². The van der Waals surface area contributed by atoms with Crippen molar-refractivity contribution in [1.82, 2.24) is 9.88 Å². The largest absolute Gasteiger partial charge is 0.487 e. The third-order valence-electron chi connectivity index (χ3n) is 3.63. The predicted octanol–water partition coefficient (Wildman–Crippen LogP) is 4.65. The van der Waals surface area contributed by atoms with E-state index in [0.717, 1.165) is 11.3 Å². The van der Waals surface area contributed by atoms with Crippen LogP contribution in [-0.2, 0) is 13.2 Å². The first-order valence-corrected chi connectivity index (χ1v) is 9.04. The summed E-state index contributed by atoms with van der Waals surface area (Å²) in [6.07, 6.45) is 0. The van der Waals surface area contributed by atoms with Crippen LogP contribution < -0.4 is 4.74 Å². The highest BCUT2D eigenvalue weighted by Crippen LogP contribution is 2.17. The number of halogens is 1. The number of carbonyl (C=O) groups excluding carboxylic acids is 1. The summed E-state index contributed by atoms with van der Waals surface area (Å²) in [6.45, 7) is 0.924. The van der Waals surface area contributed by atoms with Gasteiger partial charge < -0.3 is 9.64 Å². The van der Waals surface area contributed by atoms with Gasteiger partial charge >= 0.3 is 0 Å². The van der Waals surface area contributed by atoms with E-state index in [-0.39, 0.29) is 5.91 Å². The summed E-state index contributed by atoms with van der Waals surface area (Å²) < 4.78 is 5.66. The molecular formula is C19H17ClN2O2S. The Morgan fingerprint density at radius 3 is 2.72 bits per heavy atom. The van der Waals surface area contributed by atoms with Gasteiger partial charge in [0.05, 0.1) is 11.2 Å². The fourth-order valence-corrected chi connectivity index (χ4v) is 3.12. The summed E-state index contributed by atoms with van der Waals surface area (Å²) in [4.78, 5) is 18.4. The van der Waals surface area contributed by atoms with Gasteiger partial charge in [-0.15, -0.1) is 11.3 Å². The summed E-state index contributed by atoms with van der Waals surface area (Å²) in [5.74, 6) is 0.660. The van der Waals surface area contributed by atoms with Crippen molar-refractivity contribution >= 4 is 28.8 Å². The van der Waals surface area contributed by atoms with E-state index in [1.165, 1.54) is 11.3 Å². The van der Waals surface area contributed by atoms with Crippen LogP contribution in [0.1, 0.15) is 21.6 Å². The Morgan fingerprint density at radius 1 is 1.24 bits per heavy atom. The summed E-state index contributed by atoms with van der Waals surface area (Å²) in [7, 11) is 1.77. The van der Waals surface area contributed by atoms with Crippen molar-refractivity contribution < 1.29 is 9.53 Å². The predicted molar refractivity (Wildman–Crippen MR) is 100 cm³/mol. The summed E-state index contributed by atoms with van der Waals surface area (Å²) >= 11 is 7.52. The molecule has 0 saturated carbocycles. The van der Waals surface area contributed by atoms with Gasteiger partial charge in [0.25, 0.3) is 5.91 Å². The van der Waals surface area contributed by atoms with Crippen molar-refractivity contribution in [2.75, 3.05) is 7.05 Å². The lowest BCUT2D eigenvalue weighted by atomic mass is 10.1. The second kappa shape index (κ2) is 8.14. The minimum absolute atomic E-state index is 0.0500. The first kappa shape index (κ1) is 17.5. The zero-order valence-electron chi connectivity index (χ0n) is 13.7. The number of nitrogens with zero attached hydrogens (tertiary/aromatic N) is 2. The van der Waals surface area contributed by atoms with Gasteiger partial charge in [0.2, 0.25) is 0 Å². The first-order valence-electron chi connectivity index (χ1n) is 7.71. The van der Waals surface area contributed by atoms with Crippen LogP contribution in [-0.4, -0.2) is 22.8 Å². The number of hydrogen-bond acceptors (Lipinski definition) is 4. The Bertz CT molecular complexity index is 835. The Morgan fingerprint density at radius 2 is 2.04 bits per heavy atom. The van der Waals surface area contributed by atoms with Crippen molar-refractivity contribution in [2.24, 2.45) is 0 Å². The molecule has 0 aliphatic heterocycles. The van der Waals surface area contributed by atoms with Crippen LogP contribution in [0.2, 0.25) is 5.02 Å². The molecule has 128 valence electrons. The average Bonchev–Trinajstić information content (AvgIpc) is 3.13. The maximum absolute atomic E-state index is 12.5. The molecule has 0 unspecified atom stereocenters. The molecule has 0 bridgehead atoms. The lowest BCUT2D eigenvalue weighted by Gasteiger charge is -2.17. The lowest BCUT2D eigenvalue weighted by molar-refractivity contribution is 0.0785. The molecule has 25 heavy (non-hydrogen) atoms. The molecule has 1 amide bonds. The molecule has 6 heteroatoms. The Kier molecular flexibility index (Phi) is 5.68. The van der Waals surface area contributed by atoms with Crippen LogP contribution in [0.5, 0.6) is 5.75 Å². The van der Waals surface area contributed by atoms with Gasteiger partial charge in [-0.25, -0.2) is 4.98 Å². The molecule has 1 aromatic heterocycles. The molecule has 4 nitrogen and oxygen atoms in total. The van der Waals surface area contributed by atoms with Gasteiger partial charge in [-0.2, -0.15) is 0 Å². The summed E-state index contributed by atoms with van der Waals surface area (Å²) in [6, 6.07) is 14.6. The molecule has 3 rings (SSSR count). The highest BCUT2D eigenvalue weighted by molar-refractivity contribution is 7.07. The summed E-state index contributed by atoms with van der Waals surface area (Å²) in [5.41, 5.74) is 4.28. The van der Waals surface area contributed by atoms with Crippen LogP contribution in [0, 0.1) is 0 Å². The van der Waals surface area contributed by atoms with E-state index in [9.17, 15) is 4.79 Å². The topological polar surface area (TPSA) is 42.4 Å². The van der Waals surface area contributed by atoms with E-state index in [1.807, 2.05) is 29.6 Å². The minimum Gasteiger partial charge on any atom is -0.487 e. The molecule has 0 saturated heterocycles. The molecule has 0 radical (unpaired) electrons. The van der Waals surface area contributed by atoms with Gasteiger partial charge in [-0.3, -0.25) is 4.79 Å². The lowest BCUT2D eigenvalue weighted by Crippen LogP contribution is -2.26. The van der Waals surface area contributed by atoms with Gasteiger partial charge in [0.15, 0.2) is 0 Å². The molecule has 0 aliphatic rings. The number of rotatable bonds is 6. The second-order valence-corrected chi connectivity index (χ2v) is 6.74. The number of aromatic nitrogens is 1. The average molecular weight is 373 g/mol. The van der Waals surface area contributed by atoms with Gasteiger partial charge in [0.1, 0.15) is 12.4 Å². The normalized spacial score (nSPS) is 10.5. The van der Waals surface area contributed by atoms with E-state index in [0.29, 0.717) is 29.5 Å². The molecule has 3 aromatic rings. The van der Waals surface area contributed by atoms with Crippen LogP contribution in [0.3, 0.4) is 0 Å². The Labute approximate surface area is 155 Å². The number of thiazole rings is 1. The van der Waals surface area contributed by atoms with Crippen molar-refractivity contribution in [2.45, 2.75) is 13.2 Å². The minimum atomic E-state index is -0.0500. The van der Waals surface area contributed by atoms with Gasteiger partial charge in [-0.1, -0.05) is 23.7 Å². The van der Waals surface area contributed by atoms with Crippen LogP contribution in [0.15, 0.2) is 59.4 Å². The smallest absolute Gasteiger partial charge is 0.253 e. The highest BCUT2D eigenvalue weighted by atomic mass is 35.5. The number of benzene rings is 2. The van der Waals surface area contributed by atoms with E-state index in [2.05, 4.69) is 4.98 Å². The van der Waals surface area contributed by atoms with Crippen LogP contribution in [0.25, 0.3) is 0 Å². The molecule has 0 N–H and O–H groups in total. The monoisotopic (exact) mass is 372 g/mol. The molecule has 2 aromatic carbocycles. The maximum Gasteiger partial charge on any atom is 0.253 e. The van der Waals surface area contributed by atoms with Crippen molar-refractivity contribution in [3.8, 4) is 5.75 Å². The molecule has 0 aliphatic carbocycles. The zero-order valence-corrected chi connectivity index (χ0v) is 15.3. The Balaban J connectivity index is 1.59. The van der Waals surface area contributed by atoms with E-state index in [4.69, 9.17) is 16.3 Å². The van der Waals surface area contributed by atoms with Crippen LogP contribution in [0.4, 0.5) is 0 Å². The standard InChI is InChI=1S/C19H17ClN2O2S/c1-22(10-14-3-2-4-16(20)9-14)19(23)15-5-7-18(8-6-15)24-11-17-12-25-13-21-17/h2-9,12-13H,10-11H2,1H3. The Hall–Kier alpha value is -2.37. The third kappa shape index (κ3) is 4.81. The highest BCUT2D eigenvalue weighted by Gasteiger charge is 2.12. The number of ether oxygens (including phenoxy) is 1. The molecule has 0 spiro atoms. The van der Waals surface area contributed by atoms with Crippen molar-refractivity contribution in [3.63, 3.8) is 0 Å². The fraction of sp³-hybridized carbons (Fsp3) is 0.158. The molecule has 0 atom stereocenters. The molecular weight excluding hydrogens is 356 g/mol. The number of amides is 1. The number of carbonyl (C=O) groups is 1. The van der Waals surface area contributed by atoms with Crippen LogP contribution >= 0.6 is 22.9 Å². The quantitative estimate of drug-likeness (QED) is 0.632. The third-order valence-corrected chi connectivity index (χ3v) is 4.50. The second-order valence-electron chi connectivity index (χ2n) is 5.58. The molecule has 0 fully saturated rings. The summed E-state index contributed by atoms with van der Waals surface area (Å²) in [5, 5.41) is 2.61. The van der Waals surface area contributed by atoms with Crippen molar-refractivity contribution in [3.05, 3.63) is 81.3 Å². The zero-order chi connectivity index (χ0) is 17.6. The van der Waals surface area contributed by atoms with E-state index < -0.39 is 0 Å². The SMILES string of the molecule is CN(Cc1cccc(Cl)c1)C(=O)c1ccc(OCc2cscn2)cc1. The van der Waals surface area contributed by atoms with E-state index in [1.54, 1.807) is 41.7 Å².